The second kappa shape index (κ2) is 12.1. The summed E-state index contributed by atoms with van der Waals surface area (Å²) in [6, 6.07) is 13.8. The predicted octanol–water partition coefficient (Wildman–Crippen LogP) is 4.73. The zero-order chi connectivity index (χ0) is 20.8. The van der Waals surface area contributed by atoms with E-state index in [4.69, 9.17) is 28.9 Å². The van der Waals surface area contributed by atoms with E-state index < -0.39 is 0 Å². The van der Waals surface area contributed by atoms with E-state index in [0.717, 1.165) is 43.6 Å². The largest absolute Gasteiger partial charge is 0.393 e. The van der Waals surface area contributed by atoms with Crippen LogP contribution in [-0.4, -0.2) is 35.2 Å². The van der Waals surface area contributed by atoms with Crippen LogP contribution >= 0.6 is 47.2 Å². The van der Waals surface area contributed by atoms with Crippen molar-refractivity contribution in [2.45, 2.75) is 45.0 Å². The molecule has 8 heteroatoms. The number of aliphatic hydroxyl groups excluding tert-OH is 1. The molecule has 0 aliphatic carbocycles. The summed E-state index contributed by atoms with van der Waals surface area (Å²) in [5.41, 5.74) is 9.34. The second-order valence-corrected chi connectivity index (χ2v) is 8.40. The van der Waals surface area contributed by atoms with Crippen LogP contribution < -0.4 is 11.1 Å². The summed E-state index contributed by atoms with van der Waals surface area (Å²) in [5.74, 6) is 0.375. The number of hydrogen-bond donors (Lipinski definition) is 3. The van der Waals surface area contributed by atoms with Crippen molar-refractivity contribution in [3.8, 4) is 0 Å². The molecule has 3 rings (SSSR count). The van der Waals surface area contributed by atoms with Crippen molar-refractivity contribution in [1.29, 1.82) is 0 Å². The first-order chi connectivity index (χ1) is 13.9. The zero-order valence-electron chi connectivity index (χ0n) is 17.0. The average Bonchev–Trinajstić information content (AvgIpc) is 2.69. The van der Waals surface area contributed by atoms with Gasteiger partial charge in [-0.2, -0.15) is 0 Å². The summed E-state index contributed by atoms with van der Waals surface area (Å²) < 4.78 is 0. The molecule has 1 heterocycles. The normalized spacial score (nSPS) is 16.7. The molecule has 1 atom stereocenters. The van der Waals surface area contributed by atoms with Crippen LogP contribution in [0.2, 0.25) is 10.0 Å². The molecule has 0 bridgehead atoms. The molecule has 1 unspecified atom stereocenters. The molecule has 5 nitrogen and oxygen atoms in total. The van der Waals surface area contributed by atoms with Crippen molar-refractivity contribution >= 4 is 53.1 Å². The van der Waals surface area contributed by atoms with E-state index >= 15 is 0 Å². The van der Waals surface area contributed by atoms with Crippen LogP contribution in [-0.2, 0) is 13.1 Å². The van der Waals surface area contributed by atoms with Crippen molar-refractivity contribution in [3.05, 3.63) is 69.2 Å². The van der Waals surface area contributed by atoms with Crippen LogP contribution in [0, 0.1) is 0 Å². The van der Waals surface area contributed by atoms with Gasteiger partial charge in [-0.1, -0.05) is 53.5 Å². The van der Waals surface area contributed by atoms with Crippen molar-refractivity contribution in [1.82, 2.24) is 10.2 Å². The summed E-state index contributed by atoms with van der Waals surface area (Å²) in [6.07, 6.45) is 1.58. The topological polar surface area (TPSA) is 73.9 Å². The van der Waals surface area contributed by atoms with Gasteiger partial charge in [0.05, 0.1) is 18.7 Å². The van der Waals surface area contributed by atoms with E-state index in [2.05, 4.69) is 39.5 Å². The van der Waals surface area contributed by atoms with E-state index in [1.54, 1.807) is 6.07 Å². The Kier molecular flexibility index (Phi) is 10.2. The van der Waals surface area contributed by atoms with Crippen LogP contribution in [0.25, 0.3) is 0 Å². The van der Waals surface area contributed by atoms with Gasteiger partial charge in [0.2, 0.25) is 0 Å². The number of piperidine rings is 1. The first-order valence-electron chi connectivity index (χ1n) is 9.90. The molecule has 0 spiro atoms. The van der Waals surface area contributed by atoms with E-state index in [0.29, 0.717) is 22.5 Å². The standard InChI is InChI=1S/C22H28Cl2N4O.HI/c1-15(20-7-6-18(23)12-21(20)24)27-22(25)26-13-16-2-4-17(5-3-16)14-28-10-8-19(29)9-11-28;/h2-7,12,15,19,29H,8-11,13-14H2,1H3,(H3,25,26,27);1H. The molecule has 2 aromatic rings. The maximum absolute atomic E-state index is 9.61. The lowest BCUT2D eigenvalue weighted by Gasteiger charge is -2.29. The van der Waals surface area contributed by atoms with Crippen molar-refractivity contribution in [2.75, 3.05) is 13.1 Å². The minimum absolute atomic E-state index is 0. The maximum Gasteiger partial charge on any atom is 0.189 e. The molecular formula is C22H29Cl2IN4O. The van der Waals surface area contributed by atoms with Gasteiger partial charge in [0.15, 0.2) is 5.96 Å². The van der Waals surface area contributed by atoms with Crippen molar-refractivity contribution in [2.24, 2.45) is 10.7 Å². The monoisotopic (exact) mass is 562 g/mol. The minimum Gasteiger partial charge on any atom is -0.393 e. The fraction of sp³-hybridized carbons (Fsp3) is 0.409. The number of hydrogen-bond acceptors (Lipinski definition) is 3. The van der Waals surface area contributed by atoms with Gasteiger partial charge < -0.3 is 16.2 Å². The highest BCUT2D eigenvalue weighted by Gasteiger charge is 2.16. The number of aliphatic hydroxyl groups is 1. The van der Waals surface area contributed by atoms with Crippen LogP contribution in [0.3, 0.4) is 0 Å². The van der Waals surface area contributed by atoms with Gasteiger partial charge in [-0.15, -0.1) is 24.0 Å². The molecule has 0 amide bonds. The quantitative estimate of drug-likeness (QED) is 0.270. The second-order valence-electron chi connectivity index (χ2n) is 7.56. The third-order valence-corrected chi connectivity index (χ3v) is 5.77. The van der Waals surface area contributed by atoms with Crippen LogP contribution in [0.5, 0.6) is 0 Å². The Morgan fingerprint density at radius 1 is 1.17 bits per heavy atom. The maximum atomic E-state index is 9.61. The van der Waals surface area contributed by atoms with Gasteiger partial charge in [0, 0.05) is 29.7 Å². The molecule has 1 saturated heterocycles. The Hall–Kier alpha value is -1.06. The molecule has 1 aliphatic rings. The van der Waals surface area contributed by atoms with Crippen LogP contribution in [0.15, 0.2) is 47.5 Å². The SMILES string of the molecule is CC(NC(N)=NCc1ccc(CN2CCC(O)CC2)cc1)c1ccc(Cl)cc1Cl.I. The van der Waals surface area contributed by atoms with Crippen LogP contribution in [0.4, 0.5) is 0 Å². The molecule has 164 valence electrons. The summed E-state index contributed by atoms with van der Waals surface area (Å²) in [5, 5.41) is 14.0. The number of benzene rings is 2. The number of guanidine groups is 1. The summed E-state index contributed by atoms with van der Waals surface area (Å²) in [4.78, 5) is 6.82. The zero-order valence-corrected chi connectivity index (χ0v) is 20.9. The first kappa shape index (κ1) is 25.2. The predicted molar refractivity (Wildman–Crippen MR) is 136 cm³/mol. The van der Waals surface area contributed by atoms with Crippen LogP contribution in [0.1, 0.15) is 42.5 Å². The van der Waals surface area contributed by atoms with E-state index in [1.807, 2.05) is 19.1 Å². The Bertz CT molecular complexity index is 840. The van der Waals surface area contributed by atoms with Gasteiger partial charge in [-0.05, 0) is 48.6 Å². The van der Waals surface area contributed by atoms with Gasteiger partial charge in [0.25, 0.3) is 0 Å². The molecule has 2 aromatic carbocycles. The van der Waals surface area contributed by atoms with E-state index in [9.17, 15) is 5.11 Å². The molecule has 1 fully saturated rings. The first-order valence-corrected chi connectivity index (χ1v) is 10.7. The molecule has 1 aliphatic heterocycles. The Labute approximate surface area is 205 Å². The number of likely N-dealkylation sites (tertiary alicyclic amines) is 1. The Morgan fingerprint density at radius 2 is 1.80 bits per heavy atom. The van der Waals surface area contributed by atoms with Crippen molar-refractivity contribution in [3.63, 3.8) is 0 Å². The van der Waals surface area contributed by atoms with Gasteiger partial charge in [0.1, 0.15) is 0 Å². The Morgan fingerprint density at radius 3 is 2.43 bits per heavy atom. The van der Waals surface area contributed by atoms with Gasteiger partial charge in [-0.25, -0.2) is 4.99 Å². The van der Waals surface area contributed by atoms with Gasteiger partial charge >= 0.3 is 0 Å². The number of nitrogens with zero attached hydrogens (tertiary/aromatic N) is 2. The lowest BCUT2D eigenvalue weighted by atomic mass is 10.1. The summed E-state index contributed by atoms with van der Waals surface area (Å²) in [7, 11) is 0. The number of nitrogens with one attached hydrogen (secondary N) is 1. The highest BCUT2D eigenvalue weighted by molar-refractivity contribution is 14.0. The fourth-order valence-electron chi connectivity index (χ4n) is 3.46. The number of aliphatic imine (C=N–C) groups is 1. The molecule has 0 saturated carbocycles. The van der Waals surface area contributed by atoms with Crippen molar-refractivity contribution < 1.29 is 5.11 Å². The number of rotatable bonds is 6. The Balaban J connectivity index is 0.00000320. The van der Waals surface area contributed by atoms with E-state index in [1.165, 1.54) is 5.56 Å². The number of nitrogens with two attached hydrogens (primary N) is 1. The smallest absolute Gasteiger partial charge is 0.189 e. The molecule has 30 heavy (non-hydrogen) atoms. The average molecular weight is 563 g/mol. The third-order valence-electron chi connectivity index (χ3n) is 5.21. The molecule has 0 aromatic heterocycles. The summed E-state index contributed by atoms with van der Waals surface area (Å²) in [6.45, 7) is 5.30. The number of halogens is 3. The molecule has 4 N–H and O–H groups in total. The van der Waals surface area contributed by atoms with E-state index in [-0.39, 0.29) is 36.1 Å². The minimum atomic E-state index is -0.135. The summed E-state index contributed by atoms with van der Waals surface area (Å²) >= 11 is 12.2. The highest BCUT2D eigenvalue weighted by Crippen LogP contribution is 2.26. The third kappa shape index (κ3) is 7.57. The van der Waals surface area contributed by atoms with Gasteiger partial charge in [-0.3, -0.25) is 4.90 Å². The fourth-order valence-corrected chi connectivity index (χ4v) is 4.03. The lowest BCUT2D eigenvalue weighted by Crippen LogP contribution is -2.35. The lowest BCUT2D eigenvalue weighted by molar-refractivity contribution is 0.0792. The molecule has 0 radical (unpaired) electrons. The molecular weight excluding hydrogens is 534 g/mol. The highest BCUT2D eigenvalue weighted by atomic mass is 127.